The molecule has 2 rings (SSSR count). The minimum atomic E-state index is -3.62. The first-order valence-corrected chi connectivity index (χ1v) is 8.78. The van der Waals surface area contributed by atoms with Gasteiger partial charge in [0.25, 0.3) is 0 Å². The molecule has 1 aliphatic carbocycles. The van der Waals surface area contributed by atoms with E-state index in [1.807, 2.05) is 0 Å². The van der Waals surface area contributed by atoms with Crippen molar-refractivity contribution in [1.29, 1.82) is 0 Å². The summed E-state index contributed by atoms with van der Waals surface area (Å²) >= 11 is 0. The average Bonchev–Trinajstić information content (AvgIpc) is 2.92. The third-order valence-corrected chi connectivity index (χ3v) is 5.67. The van der Waals surface area contributed by atoms with Gasteiger partial charge >= 0.3 is 5.97 Å². The van der Waals surface area contributed by atoms with Crippen molar-refractivity contribution >= 4 is 28.4 Å². The normalized spacial score (nSPS) is 20.8. The van der Waals surface area contributed by atoms with Gasteiger partial charge in [0.05, 0.1) is 17.6 Å². The lowest BCUT2D eigenvalue weighted by Crippen LogP contribution is -2.39. The number of methoxy groups -OCH3 is 1. The van der Waals surface area contributed by atoms with E-state index in [4.69, 9.17) is 5.73 Å². The Morgan fingerprint density at radius 2 is 2.09 bits per heavy atom. The molecule has 0 spiro atoms. The Morgan fingerprint density at radius 1 is 1.39 bits per heavy atom. The van der Waals surface area contributed by atoms with Crippen LogP contribution in [0.4, 0.5) is 0 Å². The molecule has 1 fully saturated rings. The molecule has 1 aliphatic rings. The van der Waals surface area contributed by atoms with Crippen molar-refractivity contribution in [3.05, 3.63) is 29.3 Å². The summed E-state index contributed by atoms with van der Waals surface area (Å²) in [7, 11) is -2.32. The monoisotopic (exact) mass is 362 g/mol. The highest BCUT2D eigenvalue weighted by atomic mass is 35.5. The van der Waals surface area contributed by atoms with Gasteiger partial charge in [-0.05, 0) is 56.0 Å². The van der Waals surface area contributed by atoms with Crippen LogP contribution in [0.1, 0.15) is 35.2 Å². The van der Waals surface area contributed by atoms with Crippen LogP contribution in [-0.2, 0) is 14.8 Å². The first kappa shape index (κ1) is 19.9. The summed E-state index contributed by atoms with van der Waals surface area (Å²) in [5, 5.41) is 0. The van der Waals surface area contributed by atoms with Gasteiger partial charge in [0.2, 0.25) is 10.0 Å². The molecule has 2 unspecified atom stereocenters. The molecule has 6 nitrogen and oxygen atoms in total. The molecule has 0 aromatic heterocycles. The minimum absolute atomic E-state index is 0. The number of benzene rings is 1. The van der Waals surface area contributed by atoms with E-state index in [1.54, 1.807) is 6.92 Å². The Labute approximate surface area is 143 Å². The Balaban J connectivity index is 0.00000264. The van der Waals surface area contributed by atoms with Gasteiger partial charge in [0, 0.05) is 6.04 Å². The number of rotatable bonds is 5. The second-order valence-electron chi connectivity index (χ2n) is 5.62. The van der Waals surface area contributed by atoms with Crippen molar-refractivity contribution < 1.29 is 17.9 Å². The number of halogens is 1. The number of carbonyl (C=O) groups excluding carboxylic acids is 1. The van der Waals surface area contributed by atoms with Crippen LogP contribution in [0.25, 0.3) is 0 Å². The predicted octanol–water partition coefficient (Wildman–Crippen LogP) is 1.61. The lowest BCUT2D eigenvalue weighted by Gasteiger charge is -2.19. The number of carbonyl (C=O) groups is 1. The van der Waals surface area contributed by atoms with Gasteiger partial charge in [-0.25, -0.2) is 17.9 Å². The molecule has 0 heterocycles. The van der Waals surface area contributed by atoms with Crippen LogP contribution in [0.2, 0.25) is 0 Å². The van der Waals surface area contributed by atoms with Crippen LogP contribution >= 0.6 is 12.4 Å². The van der Waals surface area contributed by atoms with Gasteiger partial charge in [0.1, 0.15) is 0 Å². The smallest absolute Gasteiger partial charge is 0.338 e. The topological polar surface area (TPSA) is 98.5 Å². The van der Waals surface area contributed by atoms with Crippen molar-refractivity contribution in [2.24, 2.45) is 11.7 Å². The molecule has 0 radical (unpaired) electrons. The highest BCUT2D eigenvalue weighted by Crippen LogP contribution is 2.26. The fourth-order valence-corrected chi connectivity index (χ4v) is 4.31. The summed E-state index contributed by atoms with van der Waals surface area (Å²) < 4.78 is 32.4. The molecule has 0 bridgehead atoms. The summed E-state index contributed by atoms with van der Waals surface area (Å²) in [5.74, 6) is -0.293. The Kier molecular flexibility index (Phi) is 7.01. The van der Waals surface area contributed by atoms with Gasteiger partial charge in [0.15, 0.2) is 0 Å². The van der Waals surface area contributed by atoms with Crippen LogP contribution in [-0.4, -0.2) is 34.1 Å². The first-order chi connectivity index (χ1) is 10.4. The van der Waals surface area contributed by atoms with E-state index < -0.39 is 16.0 Å². The molecule has 1 aromatic rings. The fourth-order valence-electron chi connectivity index (χ4n) is 2.88. The average molecular weight is 363 g/mol. The quantitative estimate of drug-likeness (QED) is 0.775. The molecule has 0 amide bonds. The number of ether oxygens (including phenoxy) is 1. The molecular weight excluding hydrogens is 340 g/mol. The molecule has 1 aromatic carbocycles. The van der Waals surface area contributed by atoms with Crippen LogP contribution in [0.15, 0.2) is 23.1 Å². The first-order valence-electron chi connectivity index (χ1n) is 7.30. The molecule has 1 saturated carbocycles. The van der Waals surface area contributed by atoms with Gasteiger partial charge in [-0.15, -0.1) is 12.4 Å². The molecule has 3 N–H and O–H groups in total. The Hall–Kier alpha value is -1.15. The molecule has 8 heteroatoms. The maximum absolute atomic E-state index is 12.5. The van der Waals surface area contributed by atoms with E-state index in [0.29, 0.717) is 17.7 Å². The highest BCUT2D eigenvalue weighted by molar-refractivity contribution is 7.89. The molecule has 0 aliphatic heterocycles. The maximum Gasteiger partial charge on any atom is 0.338 e. The fraction of sp³-hybridized carbons (Fsp3) is 0.533. The van der Waals surface area contributed by atoms with E-state index in [0.717, 1.165) is 19.3 Å². The van der Waals surface area contributed by atoms with Gasteiger partial charge in [-0.1, -0.05) is 6.42 Å². The van der Waals surface area contributed by atoms with Crippen molar-refractivity contribution in [1.82, 2.24) is 4.72 Å². The van der Waals surface area contributed by atoms with E-state index >= 15 is 0 Å². The molecular formula is C15H23ClN2O4S. The van der Waals surface area contributed by atoms with Gasteiger partial charge in [-0.3, -0.25) is 0 Å². The zero-order valence-corrected chi connectivity index (χ0v) is 14.9. The summed E-state index contributed by atoms with van der Waals surface area (Å²) in [6.45, 7) is 2.16. The van der Waals surface area contributed by atoms with Crippen LogP contribution in [0.5, 0.6) is 0 Å². The second kappa shape index (κ2) is 8.10. The zero-order valence-electron chi connectivity index (χ0n) is 13.2. The number of nitrogens with one attached hydrogen (secondary N) is 1. The van der Waals surface area contributed by atoms with Crippen LogP contribution in [0.3, 0.4) is 0 Å². The number of hydrogen-bond acceptors (Lipinski definition) is 5. The molecule has 2 atom stereocenters. The number of sulfonamides is 1. The Morgan fingerprint density at radius 3 is 2.65 bits per heavy atom. The lowest BCUT2D eigenvalue weighted by molar-refractivity contribution is 0.0600. The lowest BCUT2D eigenvalue weighted by atomic mass is 10.1. The minimum Gasteiger partial charge on any atom is -0.465 e. The number of hydrogen-bond donors (Lipinski definition) is 2. The van der Waals surface area contributed by atoms with E-state index in [2.05, 4.69) is 9.46 Å². The van der Waals surface area contributed by atoms with Gasteiger partial charge < -0.3 is 10.5 Å². The molecule has 0 saturated heterocycles. The highest BCUT2D eigenvalue weighted by Gasteiger charge is 2.30. The maximum atomic E-state index is 12.5. The summed E-state index contributed by atoms with van der Waals surface area (Å²) in [6.07, 6.45) is 2.74. The summed E-state index contributed by atoms with van der Waals surface area (Å²) in [4.78, 5) is 11.7. The largest absolute Gasteiger partial charge is 0.465 e. The van der Waals surface area contributed by atoms with Crippen molar-refractivity contribution in [2.75, 3.05) is 13.7 Å². The number of nitrogens with two attached hydrogens (primary N) is 1. The SMILES string of the molecule is COC(=O)c1ccc(S(=O)(=O)NC2CCCC2CN)cc1C.Cl. The summed E-state index contributed by atoms with van der Waals surface area (Å²) in [5.41, 5.74) is 6.62. The second-order valence-corrected chi connectivity index (χ2v) is 7.34. The van der Waals surface area contributed by atoms with Crippen molar-refractivity contribution in [2.45, 2.75) is 37.1 Å². The summed E-state index contributed by atoms with van der Waals surface area (Å²) in [6, 6.07) is 4.27. The van der Waals surface area contributed by atoms with Crippen LogP contribution < -0.4 is 10.5 Å². The van der Waals surface area contributed by atoms with Crippen molar-refractivity contribution in [3.63, 3.8) is 0 Å². The number of esters is 1. The molecule has 23 heavy (non-hydrogen) atoms. The zero-order chi connectivity index (χ0) is 16.3. The standard InChI is InChI=1S/C15H22N2O4S.ClH/c1-10-8-12(6-7-13(10)15(18)21-2)22(19,20)17-14-5-3-4-11(14)9-16;/h6-8,11,14,17H,3-5,9,16H2,1-2H3;1H. The third kappa shape index (κ3) is 4.44. The van der Waals surface area contributed by atoms with Crippen LogP contribution in [0, 0.1) is 12.8 Å². The van der Waals surface area contributed by atoms with E-state index in [9.17, 15) is 13.2 Å². The predicted molar refractivity (Wildman–Crippen MR) is 90.3 cm³/mol. The number of aryl methyl sites for hydroxylation is 1. The molecule has 130 valence electrons. The van der Waals surface area contributed by atoms with E-state index in [-0.39, 0.29) is 29.3 Å². The third-order valence-electron chi connectivity index (χ3n) is 4.18. The van der Waals surface area contributed by atoms with E-state index in [1.165, 1.54) is 25.3 Å². The van der Waals surface area contributed by atoms with Gasteiger partial charge in [-0.2, -0.15) is 0 Å². The van der Waals surface area contributed by atoms with Crippen molar-refractivity contribution in [3.8, 4) is 0 Å². The Bertz CT molecular complexity index is 663.